The van der Waals surface area contributed by atoms with Crippen molar-refractivity contribution in [3.63, 3.8) is 0 Å². The maximum Gasteiger partial charge on any atom is 0.206 e. The topological polar surface area (TPSA) is 37.8 Å². The number of rotatable bonds is 6. The first kappa shape index (κ1) is 16.6. The SMILES string of the molecule is Clc1ccc(CSc2nnc(NCc3ccccc3)s2)c(Cl)c1. The first-order valence-electron chi connectivity index (χ1n) is 6.89. The Hall–Kier alpha value is -1.27. The predicted octanol–water partition coefficient (Wildman–Crippen LogP) is 5.75. The predicted molar refractivity (Wildman–Crippen MR) is 99.7 cm³/mol. The van der Waals surface area contributed by atoms with Gasteiger partial charge in [0.15, 0.2) is 4.34 Å². The molecule has 0 aliphatic rings. The molecule has 0 spiro atoms. The number of thioether (sulfide) groups is 1. The molecule has 3 rings (SSSR count). The summed E-state index contributed by atoms with van der Waals surface area (Å²) in [5.74, 6) is 0.739. The molecule has 0 bridgehead atoms. The van der Waals surface area contributed by atoms with Crippen LogP contribution in [-0.2, 0) is 12.3 Å². The van der Waals surface area contributed by atoms with Crippen molar-refractivity contribution >= 4 is 51.4 Å². The van der Waals surface area contributed by atoms with Crippen molar-refractivity contribution in [2.45, 2.75) is 16.6 Å². The van der Waals surface area contributed by atoms with Gasteiger partial charge < -0.3 is 5.32 Å². The second kappa shape index (κ2) is 8.02. The Kier molecular flexibility index (Phi) is 5.78. The normalized spacial score (nSPS) is 10.7. The maximum absolute atomic E-state index is 6.18. The molecule has 23 heavy (non-hydrogen) atoms. The quantitative estimate of drug-likeness (QED) is 0.551. The number of halogens is 2. The van der Waals surface area contributed by atoms with Crippen LogP contribution in [0.15, 0.2) is 52.9 Å². The zero-order chi connectivity index (χ0) is 16.1. The summed E-state index contributed by atoms with van der Waals surface area (Å²) in [4.78, 5) is 0. The van der Waals surface area contributed by atoms with Crippen LogP contribution in [0.5, 0.6) is 0 Å². The van der Waals surface area contributed by atoms with Gasteiger partial charge in [-0.2, -0.15) is 0 Å². The van der Waals surface area contributed by atoms with Gasteiger partial charge in [0.2, 0.25) is 5.13 Å². The van der Waals surface area contributed by atoms with E-state index >= 15 is 0 Å². The molecule has 3 aromatic rings. The summed E-state index contributed by atoms with van der Waals surface area (Å²) in [7, 11) is 0. The third kappa shape index (κ3) is 4.85. The standard InChI is InChI=1S/C16H13Cl2N3S2/c17-13-7-6-12(14(18)8-13)10-22-16-21-20-15(23-16)19-9-11-4-2-1-3-5-11/h1-8H,9-10H2,(H,19,20). The van der Waals surface area contributed by atoms with Crippen LogP contribution in [0.2, 0.25) is 10.0 Å². The van der Waals surface area contributed by atoms with Crippen LogP contribution in [0.1, 0.15) is 11.1 Å². The zero-order valence-corrected chi connectivity index (χ0v) is 15.1. The minimum absolute atomic E-state index is 0.645. The Labute approximate surface area is 153 Å². The van der Waals surface area contributed by atoms with Gasteiger partial charge >= 0.3 is 0 Å². The van der Waals surface area contributed by atoms with E-state index in [2.05, 4.69) is 27.6 Å². The molecule has 0 aliphatic heterocycles. The van der Waals surface area contributed by atoms with Gasteiger partial charge in [-0.1, -0.05) is 82.7 Å². The number of nitrogens with zero attached hydrogens (tertiary/aromatic N) is 2. The summed E-state index contributed by atoms with van der Waals surface area (Å²) < 4.78 is 0.909. The molecule has 1 heterocycles. The molecule has 0 aliphatic carbocycles. The highest BCUT2D eigenvalue weighted by Crippen LogP contribution is 2.31. The van der Waals surface area contributed by atoms with Gasteiger partial charge in [0, 0.05) is 22.3 Å². The Morgan fingerprint density at radius 3 is 2.65 bits per heavy atom. The monoisotopic (exact) mass is 381 g/mol. The Morgan fingerprint density at radius 2 is 1.87 bits per heavy atom. The molecule has 1 aromatic heterocycles. The van der Waals surface area contributed by atoms with Gasteiger partial charge in [-0.15, -0.1) is 10.2 Å². The number of hydrogen-bond acceptors (Lipinski definition) is 5. The second-order valence-electron chi connectivity index (χ2n) is 4.74. The van der Waals surface area contributed by atoms with Gasteiger partial charge in [-0.05, 0) is 23.3 Å². The van der Waals surface area contributed by atoms with Crippen LogP contribution in [-0.4, -0.2) is 10.2 Å². The molecule has 0 radical (unpaired) electrons. The fourth-order valence-electron chi connectivity index (χ4n) is 1.89. The Balaban J connectivity index is 1.55. The highest BCUT2D eigenvalue weighted by Gasteiger charge is 2.07. The molecular weight excluding hydrogens is 369 g/mol. The fraction of sp³-hybridized carbons (Fsp3) is 0.125. The largest absolute Gasteiger partial charge is 0.356 e. The molecule has 0 amide bonds. The van der Waals surface area contributed by atoms with Crippen LogP contribution in [0.25, 0.3) is 0 Å². The third-order valence-electron chi connectivity index (χ3n) is 3.06. The molecule has 1 N–H and O–H groups in total. The summed E-state index contributed by atoms with van der Waals surface area (Å²) in [6.07, 6.45) is 0. The van der Waals surface area contributed by atoms with Gasteiger partial charge in [0.1, 0.15) is 0 Å². The number of anilines is 1. The lowest BCUT2D eigenvalue weighted by atomic mass is 10.2. The summed E-state index contributed by atoms with van der Waals surface area (Å²) >= 11 is 15.2. The minimum atomic E-state index is 0.645. The maximum atomic E-state index is 6.18. The van der Waals surface area contributed by atoms with E-state index < -0.39 is 0 Å². The summed E-state index contributed by atoms with van der Waals surface area (Å²) in [6, 6.07) is 15.7. The van der Waals surface area contributed by atoms with E-state index in [0.717, 1.165) is 27.3 Å². The van der Waals surface area contributed by atoms with Crippen LogP contribution in [0, 0.1) is 0 Å². The van der Waals surface area contributed by atoms with E-state index in [-0.39, 0.29) is 0 Å². The average molecular weight is 382 g/mol. The smallest absolute Gasteiger partial charge is 0.206 e. The van der Waals surface area contributed by atoms with Crippen molar-refractivity contribution in [3.8, 4) is 0 Å². The Bertz CT molecular complexity index is 778. The van der Waals surface area contributed by atoms with Crippen LogP contribution in [0.4, 0.5) is 5.13 Å². The van der Waals surface area contributed by atoms with E-state index in [1.807, 2.05) is 30.3 Å². The summed E-state index contributed by atoms with van der Waals surface area (Å²) in [6.45, 7) is 0.739. The van der Waals surface area contributed by atoms with Gasteiger partial charge in [0.25, 0.3) is 0 Å². The second-order valence-corrected chi connectivity index (χ2v) is 7.78. The van der Waals surface area contributed by atoms with Crippen molar-refractivity contribution < 1.29 is 0 Å². The number of aromatic nitrogens is 2. The highest BCUT2D eigenvalue weighted by molar-refractivity contribution is 8.00. The number of hydrogen-bond donors (Lipinski definition) is 1. The molecule has 0 saturated heterocycles. The molecule has 7 heteroatoms. The van der Waals surface area contributed by atoms with E-state index in [9.17, 15) is 0 Å². The highest BCUT2D eigenvalue weighted by atomic mass is 35.5. The lowest BCUT2D eigenvalue weighted by Crippen LogP contribution is -1.98. The first-order valence-corrected chi connectivity index (χ1v) is 9.44. The molecule has 3 nitrogen and oxygen atoms in total. The van der Waals surface area contributed by atoms with Crippen LogP contribution in [0.3, 0.4) is 0 Å². The molecule has 2 aromatic carbocycles. The summed E-state index contributed by atoms with van der Waals surface area (Å²) in [5.41, 5.74) is 2.25. The lowest BCUT2D eigenvalue weighted by molar-refractivity contribution is 0.995. The molecule has 118 valence electrons. The van der Waals surface area contributed by atoms with E-state index in [1.165, 1.54) is 5.56 Å². The van der Waals surface area contributed by atoms with E-state index in [0.29, 0.717) is 10.0 Å². The van der Waals surface area contributed by atoms with Crippen molar-refractivity contribution in [1.82, 2.24) is 10.2 Å². The van der Waals surface area contributed by atoms with Crippen molar-refractivity contribution in [2.24, 2.45) is 0 Å². The summed E-state index contributed by atoms with van der Waals surface area (Å²) in [5, 5.41) is 13.8. The molecule has 0 saturated carbocycles. The first-order chi connectivity index (χ1) is 11.2. The van der Waals surface area contributed by atoms with Crippen LogP contribution < -0.4 is 5.32 Å². The van der Waals surface area contributed by atoms with Gasteiger partial charge in [0.05, 0.1) is 0 Å². The van der Waals surface area contributed by atoms with Crippen LogP contribution >= 0.6 is 46.3 Å². The number of benzene rings is 2. The van der Waals surface area contributed by atoms with Crippen molar-refractivity contribution in [3.05, 3.63) is 69.7 Å². The van der Waals surface area contributed by atoms with Gasteiger partial charge in [-0.25, -0.2) is 0 Å². The molecule has 0 unspecified atom stereocenters. The van der Waals surface area contributed by atoms with Gasteiger partial charge in [-0.3, -0.25) is 0 Å². The molecule has 0 fully saturated rings. The molecule has 0 atom stereocenters. The fourth-order valence-corrected chi connectivity index (χ4v) is 4.20. The number of nitrogens with one attached hydrogen (secondary N) is 1. The molecular formula is C16H13Cl2N3S2. The van der Waals surface area contributed by atoms with Crippen molar-refractivity contribution in [1.29, 1.82) is 0 Å². The van der Waals surface area contributed by atoms with E-state index in [1.54, 1.807) is 29.2 Å². The average Bonchev–Trinajstić information content (AvgIpc) is 3.01. The third-order valence-corrected chi connectivity index (χ3v) is 5.71. The zero-order valence-electron chi connectivity index (χ0n) is 12.0. The lowest BCUT2D eigenvalue weighted by Gasteiger charge is -2.02. The minimum Gasteiger partial charge on any atom is -0.356 e. The van der Waals surface area contributed by atoms with E-state index in [4.69, 9.17) is 23.2 Å². The Morgan fingerprint density at radius 1 is 1.04 bits per heavy atom. The van der Waals surface area contributed by atoms with Crippen molar-refractivity contribution in [2.75, 3.05) is 5.32 Å².